The van der Waals surface area contributed by atoms with Crippen LogP contribution < -0.4 is 0 Å². The van der Waals surface area contributed by atoms with E-state index >= 15 is 0 Å². The van der Waals surface area contributed by atoms with Crippen molar-refractivity contribution in [2.75, 3.05) is 0 Å². The van der Waals surface area contributed by atoms with Crippen LogP contribution in [0.1, 0.15) is 0 Å². The lowest BCUT2D eigenvalue weighted by Gasteiger charge is -2.11. The van der Waals surface area contributed by atoms with Gasteiger partial charge in [-0.2, -0.15) is 0 Å². The first kappa shape index (κ1) is 32.2. The van der Waals surface area contributed by atoms with Crippen LogP contribution in [0.15, 0.2) is 205 Å². The van der Waals surface area contributed by atoms with E-state index in [1.165, 1.54) is 22.3 Å². The Morgan fingerprint density at radius 1 is 0.273 bits per heavy atom. The molecule has 0 fully saturated rings. The van der Waals surface area contributed by atoms with Crippen molar-refractivity contribution in [1.82, 2.24) is 15.0 Å². The Kier molecular flexibility index (Phi) is 8.12. The third-order valence-electron chi connectivity index (χ3n) is 10.2. The van der Waals surface area contributed by atoms with Crippen LogP contribution in [0.3, 0.4) is 0 Å². The molecule has 0 saturated carbocycles. The van der Waals surface area contributed by atoms with Crippen LogP contribution in [0.4, 0.5) is 0 Å². The van der Waals surface area contributed by atoms with Crippen LogP contribution in [0, 0.1) is 0 Å². The first-order valence-corrected chi connectivity index (χ1v) is 18.4. The van der Waals surface area contributed by atoms with E-state index in [1.54, 1.807) is 0 Å². The van der Waals surface area contributed by atoms with Gasteiger partial charge in [-0.1, -0.05) is 176 Å². The quantitative estimate of drug-likeness (QED) is 0.166. The lowest BCUT2D eigenvalue weighted by atomic mass is 9.96. The summed E-state index contributed by atoms with van der Waals surface area (Å²) in [5, 5.41) is 2.23. The molecule has 4 heteroatoms. The van der Waals surface area contributed by atoms with E-state index < -0.39 is 0 Å². The van der Waals surface area contributed by atoms with Gasteiger partial charge in [0.25, 0.3) is 0 Å². The van der Waals surface area contributed by atoms with Crippen molar-refractivity contribution in [2.24, 2.45) is 0 Å². The van der Waals surface area contributed by atoms with Gasteiger partial charge in [0.2, 0.25) is 0 Å². The largest absolute Gasteiger partial charge is 0.456 e. The highest BCUT2D eigenvalue weighted by Gasteiger charge is 2.15. The Balaban J connectivity index is 0.993. The van der Waals surface area contributed by atoms with Gasteiger partial charge in [-0.05, 0) is 68.8 Å². The molecule has 0 aliphatic rings. The highest BCUT2D eigenvalue weighted by molar-refractivity contribution is 6.12. The van der Waals surface area contributed by atoms with Gasteiger partial charge >= 0.3 is 0 Å². The summed E-state index contributed by atoms with van der Waals surface area (Å²) in [6.07, 6.45) is 0. The lowest BCUT2D eigenvalue weighted by molar-refractivity contribution is 0.669. The molecule has 0 aliphatic carbocycles. The van der Waals surface area contributed by atoms with Crippen molar-refractivity contribution in [2.45, 2.75) is 0 Å². The zero-order valence-corrected chi connectivity index (χ0v) is 29.8. The van der Waals surface area contributed by atoms with Crippen molar-refractivity contribution >= 4 is 21.9 Å². The number of nitrogens with zero attached hydrogens (tertiary/aromatic N) is 3. The van der Waals surface area contributed by atoms with E-state index in [-0.39, 0.29) is 0 Å². The van der Waals surface area contributed by atoms with Gasteiger partial charge in [-0.25, -0.2) is 15.0 Å². The molecule has 0 N–H and O–H groups in total. The fraction of sp³-hybridized carbons (Fsp3) is 0. The van der Waals surface area contributed by atoms with Crippen molar-refractivity contribution in [3.8, 4) is 78.7 Å². The number of hydrogen-bond donors (Lipinski definition) is 0. The molecule has 0 atom stereocenters. The number of fused-ring (bicyclic) bond motifs is 3. The number of benzene rings is 8. The van der Waals surface area contributed by atoms with E-state index in [4.69, 9.17) is 19.4 Å². The van der Waals surface area contributed by atoms with E-state index in [2.05, 4.69) is 140 Å². The molecule has 4 nitrogen and oxygen atoms in total. The van der Waals surface area contributed by atoms with Gasteiger partial charge in [-0.15, -0.1) is 0 Å². The third-order valence-corrected chi connectivity index (χ3v) is 10.2. The summed E-state index contributed by atoms with van der Waals surface area (Å²) < 4.78 is 6.17. The van der Waals surface area contributed by atoms with E-state index in [0.717, 1.165) is 60.9 Å². The molecule has 0 saturated heterocycles. The summed E-state index contributed by atoms with van der Waals surface area (Å²) in [6, 6.07) is 69.4. The summed E-state index contributed by atoms with van der Waals surface area (Å²) in [5.74, 6) is 1.88. The molecule has 8 aromatic carbocycles. The molecule has 2 heterocycles. The molecular weight excluding hydrogens is 671 g/mol. The predicted molar refractivity (Wildman–Crippen MR) is 225 cm³/mol. The molecule has 0 spiro atoms. The number of furan rings is 1. The highest BCUT2D eigenvalue weighted by atomic mass is 16.3. The molecule has 0 bridgehead atoms. The van der Waals surface area contributed by atoms with E-state index in [9.17, 15) is 0 Å². The van der Waals surface area contributed by atoms with Crippen LogP contribution in [-0.4, -0.2) is 15.0 Å². The minimum atomic E-state index is 0.620. The molecule has 0 radical (unpaired) electrons. The standard InChI is InChI=1S/C51H33N3O/c1-3-12-34(13-4-1)40-16-9-17-41(32-40)35-24-26-36(27-25-35)42-18-10-19-43(33-42)51-53-49(38-14-5-2-6-15-38)52-50(54-51)39-30-28-37(29-31-39)44-21-11-23-47-48(44)45-20-7-8-22-46(45)55-47/h1-33H. The second-order valence-corrected chi connectivity index (χ2v) is 13.6. The second kappa shape index (κ2) is 13.8. The maximum absolute atomic E-state index is 6.17. The number of aromatic nitrogens is 3. The van der Waals surface area contributed by atoms with Gasteiger partial charge in [0, 0.05) is 27.5 Å². The summed E-state index contributed by atoms with van der Waals surface area (Å²) in [7, 11) is 0. The molecule has 55 heavy (non-hydrogen) atoms. The Morgan fingerprint density at radius 2 is 0.673 bits per heavy atom. The summed E-state index contributed by atoms with van der Waals surface area (Å²) in [6.45, 7) is 0. The second-order valence-electron chi connectivity index (χ2n) is 13.6. The zero-order chi connectivity index (χ0) is 36.6. The number of para-hydroxylation sites is 1. The SMILES string of the molecule is c1ccc(-c2cccc(-c3ccc(-c4cccc(-c5nc(-c6ccccc6)nc(-c6ccc(-c7cccc8oc9ccccc9c78)cc6)n5)c4)cc3)c2)cc1. The van der Waals surface area contributed by atoms with Crippen LogP contribution in [0.25, 0.3) is 101 Å². The summed E-state index contributed by atoms with van der Waals surface area (Å²) in [4.78, 5) is 15.1. The molecule has 0 amide bonds. The molecule has 2 aromatic heterocycles. The Morgan fingerprint density at radius 3 is 1.31 bits per heavy atom. The molecule has 0 aliphatic heterocycles. The van der Waals surface area contributed by atoms with E-state index in [1.807, 2.05) is 60.7 Å². The average molecular weight is 704 g/mol. The van der Waals surface area contributed by atoms with Crippen molar-refractivity contribution < 1.29 is 4.42 Å². The molecule has 10 aromatic rings. The summed E-state index contributed by atoms with van der Waals surface area (Å²) >= 11 is 0. The van der Waals surface area contributed by atoms with Crippen LogP contribution >= 0.6 is 0 Å². The van der Waals surface area contributed by atoms with Crippen LogP contribution in [-0.2, 0) is 0 Å². The van der Waals surface area contributed by atoms with Gasteiger partial charge in [-0.3, -0.25) is 0 Å². The normalized spacial score (nSPS) is 11.3. The Labute approximate surface area is 319 Å². The van der Waals surface area contributed by atoms with Crippen LogP contribution in [0.2, 0.25) is 0 Å². The number of rotatable bonds is 7. The van der Waals surface area contributed by atoms with Crippen molar-refractivity contribution in [3.63, 3.8) is 0 Å². The Hall–Kier alpha value is -7.43. The predicted octanol–water partition coefficient (Wildman–Crippen LogP) is 13.4. The summed E-state index contributed by atoms with van der Waals surface area (Å²) in [5.41, 5.74) is 13.8. The van der Waals surface area contributed by atoms with Gasteiger partial charge in [0.1, 0.15) is 11.2 Å². The highest BCUT2D eigenvalue weighted by Crippen LogP contribution is 2.37. The van der Waals surface area contributed by atoms with Gasteiger partial charge in [0.05, 0.1) is 0 Å². The molecular formula is C51H33N3O. The average Bonchev–Trinajstić information content (AvgIpc) is 3.66. The minimum absolute atomic E-state index is 0.620. The fourth-order valence-corrected chi connectivity index (χ4v) is 7.37. The maximum atomic E-state index is 6.17. The van der Waals surface area contributed by atoms with E-state index in [0.29, 0.717) is 17.5 Å². The van der Waals surface area contributed by atoms with Crippen LogP contribution in [0.5, 0.6) is 0 Å². The molecule has 10 rings (SSSR count). The first-order valence-electron chi connectivity index (χ1n) is 18.4. The monoisotopic (exact) mass is 703 g/mol. The zero-order valence-electron chi connectivity index (χ0n) is 29.8. The van der Waals surface area contributed by atoms with Gasteiger partial charge in [0.15, 0.2) is 17.5 Å². The molecule has 0 unspecified atom stereocenters. The lowest BCUT2D eigenvalue weighted by Crippen LogP contribution is -2.00. The smallest absolute Gasteiger partial charge is 0.164 e. The minimum Gasteiger partial charge on any atom is -0.456 e. The topological polar surface area (TPSA) is 51.8 Å². The van der Waals surface area contributed by atoms with Crippen molar-refractivity contribution in [1.29, 1.82) is 0 Å². The van der Waals surface area contributed by atoms with Gasteiger partial charge < -0.3 is 4.42 Å². The number of hydrogen-bond acceptors (Lipinski definition) is 4. The maximum Gasteiger partial charge on any atom is 0.164 e. The fourth-order valence-electron chi connectivity index (χ4n) is 7.37. The molecule has 258 valence electrons. The van der Waals surface area contributed by atoms with Crippen molar-refractivity contribution in [3.05, 3.63) is 200 Å². The first-order chi connectivity index (χ1) is 27.2. The Bertz CT molecular complexity index is 2950. The third kappa shape index (κ3) is 6.26.